The Morgan fingerprint density at radius 1 is 1.50 bits per heavy atom. The van der Waals surface area contributed by atoms with E-state index in [2.05, 4.69) is 0 Å². The summed E-state index contributed by atoms with van der Waals surface area (Å²) in [5.41, 5.74) is 7.68. The summed E-state index contributed by atoms with van der Waals surface area (Å²) in [5, 5.41) is 0. The van der Waals surface area contributed by atoms with Gasteiger partial charge in [0.2, 0.25) is 0 Å². The zero-order valence-corrected chi connectivity index (χ0v) is 10.3. The number of ether oxygens (including phenoxy) is 1. The average Bonchev–Trinajstić information content (AvgIpc) is 3.04. The molecule has 0 bridgehead atoms. The fourth-order valence-electron chi connectivity index (χ4n) is 1.70. The van der Waals surface area contributed by atoms with E-state index in [1.807, 2.05) is 25.1 Å². The Morgan fingerprint density at radius 2 is 2.25 bits per heavy atom. The Kier molecular flexibility index (Phi) is 3.44. The molecule has 0 radical (unpaired) electrons. The number of nitrogens with two attached hydrogens (primary N) is 1. The first kappa shape index (κ1) is 11.4. The van der Waals surface area contributed by atoms with Crippen LogP contribution >= 0.6 is 12.2 Å². The molecule has 0 unspecified atom stereocenters. The molecule has 1 fully saturated rings. The van der Waals surface area contributed by atoms with Gasteiger partial charge >= 0.3 is 0 Å². The SMILES string of the molecule is Cc1ccc(OCCC2CC2)c(C(N)=S)c1. The first-order valence-electron chi connectivity index (χ1n) is 5.70. The predicted molar refractivity (Wildman–Crippen MR) is 69.9 cm³/mol. The summed E-state index contributed by atoms with van der Waals surface area (Å²) in [5.74, 6) is 1.71. The van der Waals surface area contributed by atoms with Crippen molar-refractivity contribution >= 4 is 17.2 Å². The van der Waals surface area contributed by atoms with Crippen LogP contribution < -0.4 is 10.5 Å². The molecule has 1 saturated carbocycles. The molecule has 0 aliphatic heterocycles. The Hall–Kier alpha value is -1.09. The van der Waals surface area contributed by atoms with E-state index in [1.54, 1.807) is 0 Å². The third-order valence-electron chi connectivity index (χ3n) is 2.88. The highest BCUT2D eigenvalue weighted by molar-refractivity contribution is 7.80. The molecule has 1 aliphatic rings. The molecule has 1 aromatic rings. The van der Waals surface area contributed by atoms with Crippen LogP contribution in [0.3, 0.4) is 0 Å². The van der Waals surface area contributed by atoms with Crippen LogP contribution in [0.4, 0.5) is 0 Å². The lowest BCUT2D eigenvalue weighted by Gasteiger charge is -2.11. The van der Waals surface area contributed by atoms with Crippen molar-refractivity contribution < 1.29 is 4.74 Å². The van der Waals surface area contributed by atoms with Gasteiger partial charge < -0.3 is 10.5 Å². The van der Waals surface area contributed by atoms with Crippen LogP contribution in [-0.4, -0.2) is 11.6 Å². The fourth-order valence-corrected chi connectivity index (χ4v) is 1.86. The van der Waals surface area contributed by atoms with Gasteiger partial charge in [0.25, 0.3) is 0 Å². The van der Waals surface area contributed by atoms with Crippen molar-refractivity contribution in [2.75, 3.05) is 6.61 Å². The van der Waals surface area contributed by atoms with Gasteiger partial charge in [-0.15, -0.1) is 0 Å². The van der Waals surface area contributed by atoms with Crippen molar-refractivity contribution in [2.24, 2.45) is 11.7 Å². The van der Waals surface area contributed by atoms with Gasteiger partial charge in [-0.2, -0.15) is 0 Å². The molecule has 0 aromatic heterocycles. The Bertz CT molecular complexity index is 399. The van der Waals surface area contributed by atoms with E-state index in [-0.39, 0.29) is 0 Å². The third-order valence-corrected chi connectivity index (χ3v) is 3.10. The summed E-state index contributed by atoms with van der Waals surface area (Å²) in [4.78, 5) is 0.408. The monoisotopic (exact) mass is 235 g/mol. The highest BCUT2D eigenvalue weighted by atomic mass is 32.1. The number of rotatable bonds is 5. The number of hydrogen-bond donors (Lipinski definition) is 1. The number of hydrogen-bond acceptors (Lipinski definition) is 2. The van der Waals surface area contributed by atoms with Gasteiger partial charge in [0.05, 0.1) is 12.2 Å². The van der Waals surface area contributed by atoms with Gasteiger partial charge in [-0.05, 0) is 31.4 Å². The molecule has 2 N–H and O–H groups in total. The standard InChI is InChI=1S/C13H17NOS/c1-9-2-5-12(11(8-9)13(14)16)15-7-6-10-3-4-10/h2,5,8,10H,3-4,6-7H2,1H3,(H2,14,16). The van der Waals surface area contributed by atoms with E-state index in [1.165, 1.54) is 12.8 Å². The maximum atomic E-state index is 5.74. The molecule has 1 aromatic carbocycles. The molecular weight excluding hydrogens is 218 g/mol. The molecular formula is C13H17NOS. The quantitative estimate of drug-likeness (QED) is 0.797. The topological polar surface area (TPSA) is 35.2 Å². The minimum absolute atomic E-state index is 0.408. The van der Waals surface area contributed by atoms with Gasteiger partial charge in [-0.1, -0.05) is 36.7 Å². The lowest BCUT2D eigenvalue weighted by atomic mass is 10.1. The molecule has 2 rings (SSSR count). The maximum absolute atomic E-state index is 5.74. The third kappa shape index (κ3) is 2.95. The zero-order chi connectivity index (χ0) is 11.5. The second-order valence-electron chi connectivity index (χ2n) is 4.44. The first-order chi connectivity index (χ1) is 7.66. The van der Waals surface area contributed by atoms with Crippen LogP contribution in [0.2, 0.25) is 0 Å². The number of thiocarbonyl (C=S) groups is 1. The van der Waals surface area contributed by atoms with Crippen molar-refractivity contribution in [3.05, 3.63) is 29.3 Å². The van der Waals surface area contributed by atoms with E-state index in [4.69, 9.17) is 22.7 Å². The Balaban J connectivity index is 2.02. The van der Waals surface area contributed by atoms with Gasteiger partial charge in [0.15, 0.2) is 0 Å². The molecule has 0 saturated heterocycles. The van der Waals surface area contributed by atoms with Gasteiger partial charge in [-0.3, -0.25) is 0 Å². The van der Waals surface area contributed by atoms with Crippen LogP contribution in [0.1, 0.15) is 30.4 Å². The summed E-state index contributed by atoms with van der Waals surface area (Å²) in [6, 6.07) is 5.96. The first-order valence-corrected chi connectivity index (χ1v) is 6.11. The number of benzene rings is 1. The summed E-state index contributed by atoms with van der Waals surface area (Å²) in [6.07, 6.45) is 3.86. The molecule has 0 heterocycles. The highest BCUT2D eigenvalue weighted by Crippen LogP contribution is 2.32. The van der Waals surface area contributed by atoms with Crippen LogP contribution in [0.15, 0.2) is 18.2 Å². The smallest absolute Gasteiger partial charge is 0.129 e. The molecule has 2 nitrogen and oxygen atoms in total. The summed E-state index contributed by atoms with van der Waals surface area (Å²) in [6.45, 7) is 2.79. The average molecular weight is 235 g/mol. The van der Waals surface area contributed by atoms with Gasteiger partial charge in [0.1, 0.15) is 10.7 Å². The summed E-state index contributed by atoms with van der Waals surface area (Å²) in [7, 11) is 0. The fraction of sp³-hybridized carbons (Fsp3) is 0.462. The van der Waals surface area contributed by atoms with Crippen molar-refractivity contribution in [1.82, 2.24) is 0 Å². The normalized spacial score (nSPS) is 14.8. The number of aryl methyl sites for hydroxylation is 1. The lowest BCUT2D eigenvalue weighted by molar-refractivity contribution is 0.302. The highest BCUT2D eigenvalue weighted by Gasteiger charge is 2.20. The second kappa shape index (κ2) is 4.83. The molecule has 86 valence electrons. The van der Waals surface area contributed by atoms with Crippen LogP contribution in [0, 0.1) is 12.8 Å². The van der Waals surface area contributed by atoms with E-state index in [0.29, 0.717) is 4.99 Å². The molecule has 16 heavy (non-hydrogen) atoms. The Morgan fingerprint density at radius 3 is 2.88 bits per heavy atom. The molecule has 0 atom stereocenters. The van der Waals surface area contributed by atoms with E-state index < -0.39 is 0 Å². The van der Waals surface area contributed by atoms with Crippen molar-refractivity contribution in [3.63, 3.8) is 0 Å². The van der Waals surface area contributed by atoms with Gasteiger partial charge in [-0.25, -0.2) is 0 Å². The Labute approximate surface area is 102 Å². The minimum atomic E-state index is 0.408. The second-order valence-corrected chi connectivity index (χ2v) is 4.88. The largest absolute Gasteiger partial charge is 0.493 e. The molecule has 0 spiro atoms. The zero-order valence-electron chi connectivity index (χ0n) is 9.53. The van der Waals surface area contributed by atoms with Crippen LogP contribution in [0.5, 0.6) is 5.75 Å². The maximum Gasteiger partial charge on any atom is 0.129 e. The molecule has 0 amide bonds. The van der Waals surface area contributed by atoms with Crippen LogP contribution in [-0.2, 0) is 0 Å². The van der Waals surface area contributed by atoms with Crippen molar-refractivity contribution in [2.45, 2.75) is 26.2 Å². The summed E-state index contributed by atoms with van der Waals surface area (Å²) >= 11 is 5.02. The van der Waals surface area contributed by atoms with Gasteiger partial charge in [0, 0.05) is 0 Å². The summed E-state index contributed by atoms with van der Waals surface area (Å²) < 4.78 is 5.74. The van der Waals surface area contributed by atoms with Crippen molar-refractivity contribution in [3.8, 4) is 5.75 Å². The predicted octanol–water partition coefficient (Wildman–Crippen LogP) is 2.81. The van der Waals surface area contributed by atoms with E-state index in [9.17, 15) is 0 Å². The van der Waals surface area contributed by atoms with E-state index >= 15 is 0 Å². The van der Waals surface area contributed by atoms with Crippen LogP contribution in [0.25, 0.3) is 0 Å². The lowest BCUT2D eigenvalue weighted by Crippen LogP contribution is -2.12. The minimum Gasteiger partial charge on any atom is -0.493 e. The molecule has 3 heteroatoms. The van der Waals surface area contributed by atoms with Crippen molar-refractivity contribution in [1.29, 1.82) is 0 Å². The molecule has 1 aliphatic carbocycles. The van der Waals surface area contributed by atoms with E-state index in [0.717, 1.165) is 35.8 Å².